The van der Waals surface area contributed by atoms with Crippen molar-refractivity contribution in [3.05, 3.63) is 42.2 Å². The standard InChI is InChI=1S/C20H26N2O3/c23-19(16-5-1-2-6-16)22-11-8-20(9-12-22)13-18(15-25-20)24-14-17-7-3-4-10-21-17/h1-4,7,10,16,18H,5-6,8-9,11-15H2/t18-/m0/s1. The molecule has 1 amide bonds. The maximum Gasteiger partial charge on any atom is 0.226 e. The van der Waals surface area contributed by atoms with Gasteiger partial charge < -0.3 is 14.4 Å². The van der Waals surface area contributed by atoms with Crippen LogP contribution in [0.4, 0.5) is 0 Å². The monoisotopic (exact) mass is 342 g/mol. The van der Waals surface area contributed by atoms with Crippen LogP contribution in [-0.4, -0.2) is 47.2 Å². The Balaban J connectivity index is 1.25. The van der Waals surface area contributed by atoms with E-state index in [1.54, 1.807) is 6.20 Å². The van der Waals surface area contributed by atoms with E-state index in [0.29, 0.717) is 19.1 Å². The Kier molecular flexibility index (Phi) is 4.86. The van der Waals surface area contributed by atoms with Crippen molar-refractivity contribution in [1.29, 1.82) is 0 Å². The highest BCUT2D eigenvalue weighted by molar-refractivity contribution is 5.79. The number of carbonyl (C=O) groups excluding carboxylic acids is 1. The van der Waals surface area contributed by atoms with Crippen molar-refractivity contribution in [3.8, 4) is 0 Å². The van der Waals surface area contributed by atoms with Crippen molar-refractivity contribution >= 4 is 5.91 Å². The van der Waals surface area contributed by atoms with Crippen LogP contribution < -0.4 is 0 Å². The van der Waals surface area contributed by atoms with Gasteiger partial charge >= 0.3 is 0 Å². The Hall–Kier alpha value is -1.72. The molecule has 1 aromatic heterocycles. The molecule has 5 heteroatoms. The molecule has 0 saturated carbocycles. The van der Waals surface area contributed by atoms with Gasteiger partial charge in [-0.25, -0.2) is 0 Å². The smallest absolute Gasteiger partial charge is 0.226 e. The first-order chi connectivity index (χ1) is 12.2. The Labute approximate surface area is 149 Å². The molecule has 0 aromatic carbocycles. The van der Waals surface area contributed by atoms with E-state index in [1.165, 1.54) is 0 Å². The fourth-order valence-corrected chi connectivity index (χ4v) is 4.16. The number of hydrogen-bond donors (Lipinski definition) is 0. The first kappa shape index (κ1) is 16.7. The van der Waals surface area contributed by atoms with Gasteiger partial charge in [0, 0.05) is 31.6 Å². The van der Waals surface area contributed by atoms with E-state index in [9.17, 15) is 4.79 Å². The number of hydrogen-bond acceptors (Lipinski definition) is 4. The summed E-state index contributed by atoms with van der Waals surface area (Å²) in [7, 11) is 0. The molecule has 1 atom stereocenters. The number of amides is 1. The number of pyridine rings is 1. The Morgan fingerprint density at radius 1 is 1.28 bits per heavy atom. The summed E-state index contributed by atoms with van der Waals surface area (Å²) < 4.78 is 12.1. The molecule has 1 aromatic rings. The van der Waals surface area contributed by atoms with Gasteiger partial charge in [-0.1, -0.05) is 18.2 Å². The third-order valence-corrected chi connectivity index (χ3v) is 5.71. The third kappa shape index (κ3) is 3.77. The van der Waals surface area contributed by atoms with Crippen LogP contribution in [-0.2, 0) is 20.9 Å². The molecule has 2 saturated heterocycles. The van der Waals surface area contributed by atoms with Crippen molar-refractivity contribution in [2.45, 2.75) is 50.4 Å². The third-order valence-electron chi connectivity index (χ3n) is 5.71. The number of piperidine rings is 1. The molecule has 25 heavy (non-hydrogen) atoms. The van der Waals surface area contributed by atoms with Gasteiger partial charge in [0.2, 0.25) is 5.91 Å². The predicted octanol–water partition coefficient (Wildman–Crippen LogP) is 2.71. The highest BCUT2D eigenvalue weighted by Gasteiger charge is 2.44. The lowest BCUT2D eigenvalue weighted by Crippen LogP contribution is -2.48. The second-order valence-electron chi connectivity index (χ2n) is 7.42. The van der Waals surface area contributed by atoms with Crippen molar-refractivity contribution in [2.24, 2.45) is 5.92 Å². The molecule has 2 fully saturated rings. The molecule has 0 bridgehead atoms. The largest absolute Gasteiger partial charge is 0.372 e. The summed E-state index contributed by atoms with van der Waals surface area (Å²) in [5, 5.41) is 0. The lowest BCUT2D eigenvalue weighted by atomic mass is 9.87. The average Bonchev–Trinajstić information content (AvgIpc) is 3.32. The van der Waals surface area contributed by atoms with E-state index in [-0.39, 0.29) is 17.6 Å². The molecule has 0 radical (unpaired) electrons. The Morgan fingerprint density at radius 3 is 2.80 bits per heavy atom. The van der Waals surface area contributed by atoms with Crippen LogP contribution in [0.25, 0.3) is 0 Å². The van der Waals surface area contributed by atoms with Crippen LogP contribution >= 0.6 is 0 Å². The molecule has 0 N–H and O–H groups in total. The summed E-state index contributed by atoms with van der Waals surface area (Å²) in [4.78, 5) is 18.9. The van der Waals surface area contributed by atoms with Crippen LogP contribution in [0.2, 0.25) is 0 Å². The lowest BCUT2D eigenvalue weighted by Gasteiger charge is -2.39. The number of nitrogens with zero attached hydrogens (tertiary/aromatic N) is 2. The fraction of sp³-hybridized carbons (Fsp3) is 0.600. The molecule has 1 aliphatic carbocycles. The molecule has 2 aliphatic heterocycles. The summed E-state index contributed by atoms with van der Waals surface area (Å²) in [6.45, 7) is 2.79. The zero-order valence-corrected chi connectivity index (χ0v) is 14.6. The molecule has 3 aliphatic rings. The van der Waals surface area contributed by atoms with Crippen molar-refractivity contribution in [1.82, 2.24) is 9.88 Å². The minimum Gasteiger partial charge on any atom is -0.372 e. The summed E-state index contributed by atoms with van der Waals surface area (Å²) >= 11 is 0. The normalized spacial score (nSPS) is 25.8. The molecular formula is C20H26N2O3. The summed E-state index contributed by atoms with van der Waals surface area (Å²) in [6.07, 6.45) is 10.7. The van der Waals surface area contributed by atoms with Crippen molar-refractivity contribution in [3.63, 3.8) is 0 Å². The van der Waals surface area contributed by atoms with Gasteiger partial charge in [-0.2, -0.15) is 0 Å². The van der Waals surface area contributed by atoms with E-state index in [0.717, 1.165) is 50.9 Å². The molecule has 4 rings (SSSR count). The lowest BCUT2D eigenvalue weighted by molar-refractivity contribution is -0.139. The van der Waals surface area contributed by atoms with Crippen LogP contribution in [0, 0.1) is 5.92 Å². The second kappa shape index (κ2) is 7.26. The molecule has 5 nitrogen and oxygen atoms in total. The van der Waals surface area contributed by atoms with Crippen LogP contribution in [0.1, 0.15) is 37.8 Å². The highest BCUT2D eigenvalue weighted by Crippen LogP contribution is 2.38. The van der Waals surface area contributed by atoms with Crippen molar-refractivity contribution in [2.75, 3.05) is 19.7 Å². The number of likely N-dealkylation sites (tertiary alicyclic amines) is 1. The first-order valence-corrected chi connectivity index (χ1v) is 9.33. The van der Waals surface area contributed by atoms with Crippen LogP contribution in [0.15, 0.2) is 36.5 Å². The van der Waals surface area contributed by atoms with Gasteiger partial charge in [-0.05, 0) is 37.8 Å². The quantitative estimate of drug-likeness (QED) is 0.790. The topological polar surface area (TPSA) is 51.7 Å². The molecule has 3 heterocycles. The van der Waals surface area contributed by atoms with E-state index >= 15 is 0 Å². The zero-order valence-electron chi connectivity index (χ0n) is 14.6. The number of ether oxygens (including phenoxy) is 2. The number of carbonyl (C=O) groups is 1. The van der Waals surface area contributed by atoms with E-state index < -0.39 is 0 Å². The molecule has 1 spiro atoms. The van der Waals surface area contributed by atoms with E-state index in [2.05, 4.69) is 17.1 Å². The minimum atomic E-state index is -0.0977. The maximum absolute atomic E-state index is 12.5. The summed E-state index contributed by atoms with van der Waals surface area (Å²) in [5.74, 6) is 0.494. The number of rotatable bonds is 4. The first-order valence-electron chi connectivity index (χ1n) is 9.33. The summed E-state index contributed by atoms with van der Waals surface area (Å²) in [6, 6.07) is 5.87. The van der Waals surface area contributed by atoms with E-state index in [1.807, 2.05) is 23.1 Å². The SMILES string of the molecule is O=C(C1CC=CC1)N1CCC2(CC1)C[C@H](OCc1ccccn1)CO2. The minimum absolute atomic E-state index is 0.0977. The van der Waals surface area contributed by atoms with Gasteiger partial charge in [0.05, 0.1) is 30.6 Å². The van der Waals surface area contributed by atoms with Gasteiger partial charge in [0.15, 0.2) is 0 Å². The molecule has 0 unspecified atom stereocenters. The second-order valence-corrected chi connectivity index (χ2v) is 7.42. The van der Waals surface area contributed by atoms with Crippen molar-refractivity contribution < 1.29 is 14.3 Å². The Bertz CT molecular complexity index is 615. The summed E-state index contributed by atoms with van der Waals surface area (Å²) in [5.41, 5.74) is 0.855. The zero-order chi connectivity index (χ0) is 17.1. The maximum atomic E-state index is 12.5. The highest BCUT2D eigenvalue weighted by atomic mass is 16.6. The van der Waals surface area contributed by atoms with Crippen LogP contribution in [0.5, 0.6) is 0 Å². The fourth-order valence-electron chi connectivity index (χ4n) is 4.16. The molecular weight excluding hydrogens is 316 g/mol. The van der Waals surface area contributed by atoms with Gasteiger partial charge in [0.25, 0.3) is 0 Å². The molecule has 134 valence electrons. The van der Waals surface area contributed by atoms with E-state index in [4.69, 9.17) is 9.47 Å². The Morgan fingerprint density at radius 2 is 2.08 bits per heavy atom. The predicted molar refractivity (Wildman–Crippen MR) is 93.8 cm³/mol. The average molecular weight is 342 g/mol. The number of aromatic nitrogens is 1. The number of allylic oxidation sites excluding steroid dienone is 2. The van der Waals surface area contributed by atoms with Gasteiger partial charge in [-0.3, -0.25) is 9.78 Å². The van der Waals surface area contributed by atoms with Gasteiger partial charge in [0.1, 0.15) is 0 Å². The van der Waals surface area contributed by atoms with Gasteiger partial charge in [-0.15, -0.1) is 0 Å². The van der Waals surface area contributed by atoms with Crippen LogP contribution in [0.3, 0.4) is 0 Å².